The Hall–Kier alpha value is -1.85. The molecule has 1 atom stereocenters. The summed E-state index contributed by atoms with van der Waals surface area (Å²) in [6.07, 6.45) is 0.552. The summed E-state index contributed by atoms with van der Waals surface area (Å²) < 4.78 is 28.7. The third-order valence-corrected chi connectivity index (χ3v) is 4.94. The Morgan fingerprint density at radius 1 is 1.17 bits per heavy atom. The van der Waals surface area contributed by atoms with Crippen LogP contribution in [0.3, 0.4) is 0 Å². The van der Waals surface area contributed by atoms with Gasteiger partial charge >= 0.3 is 5.97 Å². The highest BCUT2D eigenvalue weighted by molar-refractivity contribution is 7.90. The Balaban J connectivity index is 2.29. The first-order chi connectivity index (χ1) is 10.7. The molecule has 0 bridgehead atoms. The Morgan fingerprint density at radius 3 is 2.43 bits per heavy atom. The van der Waals surface area contributed by atoms with Crippen molar-refractivity contribution in [2.75, 3.05) is 6.26 Å². The summed E-state index contributed by atoms with van der Waals surface area (Å²) in [5.41, 5.74) is 1.57. The van der Waals surface area contributed by atoms with E-state index in [4.69, 9.17) is 16.3 Å². The highest BCUT2D eigenvalue weighted by Gasteiger charge is 2.19. The second kappa shape index (κ2) is 6.72. The van der Waals surface area contributed by atoms with Crippen molar-refractivity contribution in [3.8, 4) is 0 Å². The number of benzene rings is 2. The molecule has 0 aliphatic carbocycles. The number of carbonyl (C=O) groups is 1. The maximum Gasteiger partial charge on any atom is 0.339 e. The first-order valence-corrected chi connectivity index (χ1v) is 9.23. The average molecular weight is 353 g/mol. The summed E-state index contributed by atoms with van der Waals surface area (Å²) in [6.45, 7) is 3.44. The smallest absolute Gasteiger partial charge is 0.339 e. The third kappa shape index (κ3) is 4.12. The molecule has 1 unspecified atom stereocenters. The zero-order valence-corrected chi connectivity index (χ0v) is 14.6. The maximum atomic E-state index is 12.4. The number of rotatable bonds is 4. The molecule has 0 aliphatic rings. The Bertz CT molecular complexity index is 843. The van der Waals surface area contributed by atoms with Gasteiger partial charge in [0.2, 0.25) is 0 Å². The SMILES string of the molecule is Cc1ccc(S(C)(=O)=O)cc1C(=O)OC(C)c1ccccc1Cl. The molecule has 0 radical (unpaired) electrons. The molecule has 0 saturated carbocycles. The highest BCUT2D eigenvalue weighted by Crippen LogP contribution is 2.26. The average Bonchev–Trinajstić information content (AvgIpc) is 2.46. The second-order valence-corrected chi connectivity index (χ2v) is 7.74. The van der Waals surface area contributed by atoms with Gasteiger partial charge in [-0.2, -0.15) is 0 Å². The molecular weight excluding hydrogens is 336 g/mol. The van der Waals surface area contributed by atoms with Crippen molar-refractivity contribution in [1.82, 2.24) is 0 Å². The lowest BCUT2D eigenvalue weighted by molar-refractivity contribution is 0.0337. The Kier molecular flexibility index (Phi) is 5.12. The van der Waals surface area contributed by atoms with Gasteiger partial charge in [-0.15, -0.1) is 0 Å². The number of halogens is 1. The van der Waals surface area contributed by atoms with E-state index in [9.17, 15) is 13.2 Å². The molecule has 0 aromatic heterocycles. The molecule has 23 heavy (non-hydrogen) atoms. The number of sulfone groups is 1. The van der Waals surface area contributed by atoms with Gasteiger partial charge < -0.3 is 4.74 Å². The molecule has 6 heteroatoms. The van der Waals surface area contributed by atoms with Crippen LogP contribution in [-0.4, -0.2) is 20.6 Å². The van der Waals surface area contributed by atoms with Crippen molar-refractivity contribution in [1.29, 1.82) is 0 Å². The lowest BCUT2D eigenvalue weighted by Gasteiger charge is -2.16. The zero-order valence-electron chi connectivity index (χ0n) is 13.0. The van der Waals surface area contributed by atoms with Gasteiger partial charge in [0.25, 0.3) is 0 Å². The summed E-state index contributed by atoms with van der Waals surface area (Å²) in [6, 6.07) is 11.5. The number of aryl methyl sites for hydroxylation is 1. The molecule has 0 fully saturated rings. The van der Waals surface area contributed by atoms with Crippen LogP contribution in [0, 0.1) is 6.92 Å². The van der Waals surface area contributed by atoms with E-state index < -0.39 is 21.9 Å². The predicted molar refractivity (Wildman–Crippen MR) is 89.6 cm³/mol. The van der Waals surface area contributed by atoms with Crippen molar-refractivity contribution in [2.45, 2.75) is 24.8 Å². The lowest BCUT2D eigenvalue weighted by Crippen LogP contribution is -2.12. The molecular formula is C17H17ClO4S. The van der Waals surface area contributed by atoms with Crippen LogP contribution in [0.4, 0.5) is 0 Å². The van der Waals surface area contributed by atoms with E-state index >= 15 is 0 Å². The van der Waals surface area contributed by atoms with E-state index in [1.54, 1.807) is 44.2 Å². The lowest BCUT2D eigenvalue weighted by atomic mass is 10.1. The molecule has 0 N–H and O–H groups in total. The van der Waals surface area contributed by atoms with E-state index in [-0.39, 0.29) is 10.5 Å². The van der Waals surface area contributed by atoms with Crippen LogP contribution in [0.5, 0.6) is 0 Å². The number of carbonyl (C=O) groups excluding carboxylic acids is 1. The van der Waals surface area contributed by atoms with Gasteiger partial charge in [0.05, 0.1) is 10.5 Å². The third-order valence-electron chi connectivity index (χ3n) is 3.48. The van der Waals surface area contributed by atoms with Gasteiger partial charge in [-0.25, -0.2) is 13.2 Å². The minimum Gasteiger partial charge on any atom is -0.454 e. The number of esters is 1. The normalized spacial score (nSPS) is 12.7. The standard InChI is InChI=1S/C17H17ClO4S/c1-11-8-9-13(23(3,20)21)10-15(11)17(19)22-12(2)14-6-4-5-7-16(14)18/h4-10,12H,1-3H3. The van der Waals surface area contributed by atoms with Crippen molar-refractivity contribution in [3.63, 3.8) is 0 Å². The van der Waals surface area contributed by atoms with Crippen LogP contribution >= 0.6 is 11.6 Å². The predicted octanol–water partition coefficient (Wildman–Crippen LogP) is 3.97. The van der Waals surface area contributed by atoms with Crippen LogP contribution in [-0.2, 0) is 14.6 Å². The molecule has 0 aliphatic heterocycles. The van der Waals surface area contributed by atoms with Gasteiger partial charge in [-0.05, 0) is 37.6 Å². The Labute approximate surface area is 141 Å². The van der Waals surface area contributed by atoms with E-state index in [2.05, 4.69) is 0 Å². The number of hydrogen-bond donors (Lipinski definition) is 0. The summed E-state index contributed by atoms with van der Waals surface area (Å²) in [5, 5.41) is 0.509. The molecule has 2 rings (SSSR count). The van der Waals surface area contributed by atoms with Gasteiger partial charge in [0.1, 0.15) is 6.10 Å². The molecule has 122 valence electrons. The molecule has 0 heterocycles. The number of ether oxygens (including phenoxy) is 1. The molecule has 2 aromatic rings. The summed E-state index contributed by atoms with van der Waals surface area (Å²) in [7, 11) is -3.39. The minimum atomic E-state index is -3.39. The van der Waals surface area contributed by atoms with Crippen LogP contribution in [0.1, 0.15) is 34.5 Å². The molecule has 0 amide bonds. The highest BCUT2D eigenvalue weighted by atomic mass is 35.5. The fraction of sp³-hybridized carbons (Fsp3) is 0.235. The second-order valence-electron chi connectivity index (χ2n) is 5.32. The Morgan fingerprint density at radius 2 is 1.83 bits per heavy atom. The summed E-state index contributed by atoms with van der Waals surface area (Å²) >= 11 is 6.09. The van der Waals surface area contributed by atoms with Gasteiger partial charge in [0.15, 0.2) is 9.84 Å². The number of hydrogen-bond acceptors (Lipinski definition) is 4. The monoisotopic (exact) mass is 352 g/mol. The van der Waals surface area contributed by atoms with Gasteiger partial charge in [0, 0.05) is 16.8 Å². The first kappa shape index (κ1) is 17.5. The van der Waals surface area contributed by atoms with Crippen LogP contribution in [0.25, 0.3) is 0 Å². The molecule has 0 spiro atoms. The summed E-state index contributed by atoms with van der Waals surface area (Å²) in [4.78, 5) is 12.5. The molecule has 0 saturated heterocycles. The van der Waals surface area contributed by atoms with Crippen molar-refractivity contribution < 1.29 is 17.9 Å². The quantitative estimate of drug-likeness (QED) is 0.781. The van der Waals surface area contributed by atoms with E-state index in [1.807, 2.05) is 0 Å². The minimum absolute atomic E-state index is 0.0837. The maximum absolute atomic E-state index is 12.4. The largest absolute Gasteiger partial charge is 0.454 e. The van der Waals surface area contributed by atoms with E-state index in [0.29, 0.717) is 16.1 Å². The van der Waals surface area contributed by atoms with Crippen LogP contribution < -0.4 is 0 Å². The van der Waals surface area contributed by atoms with Gasteiger partial charge in [-0.3, -0.25) is 0 Å². The van der Waals surface area contributed by atoms with Crippen LogP contribution in [0.2, 0.25) is 5.02 Å². The van der Waals surface area contributed by atoms with Gasteiger partial charge in [-0.1, -0.05) is 35.9 Å². The van der Waals surface area contributed by atoms with Crippen LogP contribution in [0.15, 0.2) is 47.4 Å². The first-order valence-electron chi connectivity index (χ1n) is 6.96. The van der Waals surface area contributed by atoms with E-state index in [0.717, 1.165) is 6.26 Å². The fourth-order valence-electron chi connectivity index (χ4n) is 2.14. The fourth-order valence-corrected chi connectivity index (χ4v) is 3.08. The zero-order chi connectivity index (χ0) is 17.2. The molecule has 4 nitrogen and oxygen atoms in total. The summed E-state index contributed by atoms with van der Waals surface area (Å²) in [5.74, 6) is -0.583. The topological polar surface area (TPSA) is 60.4 Å². The van der Waals surface area contributed by atoms with Crippen molar-refractivity contribution in [3.05, 3.63) is 64.2 Å². The molecule has 2 aromatic carbocycles. The van der Waals surface area contributed by atoms with E-state index in [1.165, 1.54) is 12.1 Å². The van der Waals surface area contributed by atoms with Crippen molar-refractivity contribution >= 4 is 27.4 Å². The van der Waals surface area contributed by atoms with Crippen molar-refractivity contribution in [2.24, 2.45) is 0 Å².